The van der Waals surface area contributed by atoms with Crippen LogP contribution in [-0.4, -0.2) is 35.5 Å². The van der Waals surface area contributed by atoms with Crippen molar-refractivity contribution in [1.29, 1.82) is 0 Å². The molecule has 0 atom stereocenters. The van der Waals surface area contributed by atoms with E-state index in [1.165, 1.54) is 13.2 Å². The SMILES string of the molecule is COC(=O)c1cccc(NC(=O)c2nc(Cl)c(NCCC(C)C)nc2N)c1. The molecular formula is C18H22ClN5O3. The number of carbonyl (C=O) groups is 2. The molecule has 4 N–H and O–H groups in total. The largest absolute Gasteiger partial charge is 0.465 e. The van der Waals surface area contributed by atoms with E-state index in [-0.39, 0.29) is 16.7 Å². The van der Waals surface area contributed by atoms with Crippen molar-refractivity contribution >= 4 is 40.8 Å². The molecule has 0 radical (unpaired) electrons. The number of hydrogen-bond donors (Lipinski definition) is 3. The second-order valence-corrected chi connectivity index (χ2v) is 6.59. The molecule has 0 aliphatic carbocycles. The Labute approximate surface area is 162 Å². The van der Waals surface area contributed by atoms with Gasteiger partial charge in [-0.25, -0.2) is 14.8 Å². The third kappa shape index (κ3) is 5.55. The van der Waals surface area contributed by atoms with Gasteiger partial charge in [-0.1, -0.05) is 31.5 Å². The van der Waals surface area contributed by atoms with Gasteiger partial charge >= 0.3 is 5.97 Å². The molecule has 9 heteroatoms. The molecule has 1 heterocycles. The molecule has 0 aliphatic rings. The molecular weight excluding hydrogens is 370 g/mol. The van der Waals surface area contributed by atoms with Crippen molar-refractivity contribution < 1.29 is 14.3 Å². The lowest BCUT2D eigenvalue weighted by molar-refractivity contribution is 0.0600. The number of rotatable bonds is 7. The number of anilines is 3. The predicted octanol–water partition coefficient (Wildman–Crippen LogP) is 3.21. The summed E-state index contributed by atoms with van der Waals surface area (Å²) in [7, 11) is 1.28. The van der Waals surface area contributed by atoms with Gasteiger partial charge in [0.25, 0.3) is 5.91 Å². The lowest BCUT2D eigenvalue weighted by Crippen LogP contribution is -2.18. The summed E-state index contributed by atoms with van der Waals surface area (Å²) in [5.74, 6) is -0.289. The minimum absolute atomic E-state index is 0.0481. The molecule has 2 rings (SSSR count). The predicted molar refractivity (Wildman–Crippen MR) is 105 cm³/mol. The van der Waals surface area contributed by atoms with Crippen LogP contribution in [0.1, 0.15) is 41.1 Å². The zero-order chi connectivity index (χ0) is 20.0. The van der Waals surface area contributed by atoms with Crippen molar-refractivity contribution in [3.63, 3.8) is 0 Å². The van der Waals surface area contributed by atoms with Gasteiger partial charge in [0.2, 0.25) is 0 Å². The van der Waals surface area contributed by atoms with Crippen LogP contribution in [0.15, 0.2) is 24.3 Å². The monoisotopic (exact) mass is 391 g/mol. The van der Waals surface area contributed by atoms with Crippen molar-refractivity contribution in [1.82, 2.24) is 9.97 Å². The van der Waals surface area contributed by atoms with E-state index in [9.17, 15) is 9.59 Å². The van der Waals surface area contributed by atoms with E-state index in [1.54, 1.807) is 18.2 Å². The molecule has 0 saturated heterocycles. The second kappa shape index (κ2) is 9.18. The number of nitrogens with two attached hydrogens (primary N) is 1. The third-order valence-corrected chi connectivity index (χ3v) is 3.91. The molecule has 2 aromatic rings. The van der Waals surface area contributed by atoms with E-state index >= 15 is 0 Å². The molecule has 0 aliphatic heterocycles. The van der Waals surface area contributed by atoms with Crippen LogP contribution >= 0.6 is 11.6 Å². The first kappa shape index (κ1) is 20.4. The first-order valence-corrected chi connectivity index (χ1v) is 8.76. The summed E-state index contributed by atoms with van der Waals surface area (Å²) in [5.41, 5.74) is 6.46. The first-order valence-electron chi connectivity index (χ1n) is 8.38. The fourth-order valence-electron chi connectivity index (χ4n) is 2.22. The smallest absolute Gasteiger partial charge is 0.337 e. The molecule has 0 spiro atoms. The Morgan fingerprint density at radius 2 is 2.04 bits per heavy atom. The highest BCUT2D eigenvalue weighted by Gasteiger charge is 2.18. The maximum atomic E-state index is 12.5. The Morgan fingerprint density at radius 3 is 2.70 bits per heavy atom. The third-order valence-electron chi connectivity index (χ3n) is 3.65. The number of halogens is 1. The second-order valence-electron chi connectivity index (χ2n) is 6.23. The topological polar surface area (TPSA) is 119 Å². The summed E-state index contributed by atoms with van der Waals surface area (Å²) >= 11 is 6.12. The summed E-state index contributed by atoms with van der Waals surface area (Å²) in [5, 5.41) is 5.73. The van der Waals surface area contributed by atoms with Crippen LogP contribution in [0.3, 0.4) is 0 Å². The normalized spacial score (nSPS) is 10.6. The standard InChI is InChI=1S/C18H22ClN5O3/c1-10(2)7-8-21-16-14(19)23-13(15(20)24-16)17(25)22-12-6-4-5-11(9-12)18(26)27-3/h4-6,9-10H,7-8H2,1-3H3,(H,22,25)(H3,20,21,24). The minimum atomic E-state index is -0.586. The van der Waals surface area contributed by atoms with E-state index < -0.39 is 11.9 Å². The molecule has 0 bridgehead atoms. The number of nitrogens with zero attached hydrogens (tertiary/aromatic N) is 2. The zero-order valence-electron chi connectivity index (χ0n) is 15.4. The molecule has 0 fully saturated rings. The van der Waals surface area contributed by atoms with Gasteiger partial charge in [0.05, 0.1) is 12.7 Å². The summed E-state index contributed by atoms with van der Waals surface area (Å²) in [4.78, 5) is 32.2. The molecule has 0 unspecified atom stereocenters. The number of nitrogen functional groups attached to an aromatic ring is 1. The highest BCUT2D eigenvalue weighted by molar-refractivity contribution is 6.32. The highest BCUT2D eigenvalue weighted by atomic mass is 35.5. The van der Waals surface area contributed by atoms with Gasteiger partial charge in [0.1, 0.15) is 0 Å². The lowest BCUT2D eigenvalue weighted by atomic mass is 10.1. The quantitative estimate of drug-likeness (QED) is 0.620. The van der Waals surface area contributed by atoms with E-state index in [2.05, 4.69) is 39.2 Å². The van der Waals surface area contributed by atoms with Gasteiger partial charge in [-0.05, 0) is 30.5 Å². The average Bonchev–Trinajstić information content (AvgIpc) is 2.63. The number of amides is 1. The van der Waals surface area contributed by atoms with E-state index in [4.69, 9.17) is 17.3 Å². The number of carbonyl (C=O) groups excluding carboxylic acids is 2. The Kier molecular flexibility index (Phi) is 6.95. The maximum absolute atomic E-state index is 12.5. The number of benzene rings is 1. The number of esters is 1. The van der Waals surface area contributed by atoms with E-state index in [0.29, 0.717) is 29.5 Å². The van der Waals surface area contributed by atoms with Crippen LogP contribution in [0, 0.1) is 5.92 Å². The highest BCUT2D eigenvalue weighted by Crippen LogP contribution is 2.22. The summed E-state index contributed by atoms with van der Waals surface area (Å²) in [6.45, 7) is 4.87. The van der Waals surface area contributed by atoms with Crippen LogP contribution in [0.5, 0.6) is 0 Å². The van der Waals surface area contributed by atoms with Gasteiger partial charge in [0, 0.05) is 12.2 Å². The Morgan fingerprint density at radius 1 is 1.30 bits per heavy atom. The summed E-state index contributed by atoms with van der Waals surface area (Å²) < 4.78 is 4.66. The fraction of sp³-hybridized carbons (Fsp3) is 0.333. The number of aromatic nitrogens is 2. The van der Waals surface area contributed by atoms with Crippen molar-refractivity contribution in [3.05, 3.63) is 40.7 Å². The van der Waals surface area contributed by atoms with E-state index in [0.717, 1.165) is 6.42 Å². The summed E-state index contributed by atoms with van der Waals surface area (Å²) in [6.07, 6.45) is 0.927. The van der Waals surface area contributed by atoms with Crippen molar-refractivity contribution in [2.75, 3.05) is 30.0 Å². The first-order chi connectivity index (χ1) is 12.8. The fourth-order valence-corrected chi connectivity index (χ4v) is 2.41. The van der Waals surface area contributed by atoms with Gasteiger partial charge in [-0.2, -0.15) is 0 Å². The zero-order valence-corrected chi connectivity index (χ0v) is 16.1. The lowest BCUT2D eigenvalue weighted by Gasteiger charge is -2.12. The number of ether oxygens (including phenoxy) is 1. The van der Waals surface area contributed by atoms with Crippen LogP contribution in [0.2, 0.25) is 5.15 Å². The summed E-state index contributed by atoms with van der Waals surface area (Å²) in [6, 6.07) is 6.30. The maximum Gasteiger partial charge on any atom is 0.337 e. The number of hydrogen-bond acceptors (Lipinski definition) is 7. The molecule has 0 saturated carbocycles. The molecule has 27 heavy (non-hydrogen) atoms. The molecule has 144 valence electrons. The van der Waals surface area contributed by atoms with Crippen LogP contribution in [0.4, 0.5) is 17.3 Å². The Balaban J connectivity index is 2.14. The Bertz CT molecular complexity index is 842. The van der Waals surface area contributed by atoms with Crippen molar-refractivity contribution in [2.24, 2.45) is 5.92 Å². The van der Waals surface area contributed by atoms with Gasteiger partial charge in [-0.15, -0.1) is 0 Å². The van der Waals surface area contributed by atoms with Gasteiger partial charge in [-0.3, -0.25) is 4.79 Å². The number of methoxy groups -OCH3 is 1. The molecule has 8 nitrogen and oxygen atoms in total. The average molecular weight is 392 g/mol. The molecule has 1 aromatic carbocycles. The van der Waals surface area contributed by atoms with Crippen LogP contribution < -0.4 is 16.4 Å². The van der Waals surface area contributed by atoms with Gasteiger partial charge < -0.3 is 21.1 Å². The minimum Gasteiger partial charge on any atom is -0.465 e. The van der Waals surface area contributed by atoms with Crippen molar-refractivity contribution in [3.8, 4) is 0 Å². The van der Waals surface area contributed by atoms with Crippen LogP contribution in [-0.2, 0) is 4.74 Å². The molecule has 1 amide bonds. The van der Waals surface area contributed by atoms with E-state index in [1.807, 2.05) is 0 Å². The molecule has 1 aromatic heterocycles. The van der Waals surface area contributed by atoms with Crippen molar-refractivity contribution in [2.45, 2.75) is 20.3 Å². The Hall–Kier alpha value is -2.87. The number of nitrogens with one attached hydrogen (secondary N) is 2. The van der Waals surface area contributed by atoms with Gasteiger partial charge in [0.15, 0.2) is 22.5 Å². The van der Waals surface area contributed by atoms with Crippen LogP contribution in [0.25, 0.3) is 0 Å².